The first-order chi connectivity index (χ1) is 10.7. The fraction of sp³-hybridized carbons (Fsp3) is 0.250. The van der Waals surface area contributed by atoms with Crippen LogP contribution in [0.2, 0.25) is 5.02 Å². The second-order valence-corrected chi connectivity index (χ2v) is 6.54. The van der Waals surface area contributed by atoms with Gasteiger partial charge in [-0.25, -0.2) is 9.97 Å². The Morgan fingerprint density at radius 1 is 1.27 bits per heavy atom. The molecular formula is C16H17ClN4S. The summed E-state index contributed by atoms with van der Waals surface area (Å²) < 4.78 is 2.09. The van der Waals surface area contributed by atoms with E-state index in [0.29, 0.717) is 0 Å². The van der Waals surface area contributed by atoms with Crippen LogP contribution < -0.4 is 4.90 Å². The molecule has 22 heavy (non-hydrogen) atoms. The third-order valence-corrected chi connectivity index (χ3v) is 4.83. The van der Waals surface area contributed by atoms with Crippen LogP contribution in [0.15, 0.2) is 49.2 Å². The highest BCUT2D eigenvalue weighted by molar-refractivity contribution is 7.18. The number of hydrogen-bond donors (Lipinski definition) is 0. The Morgan fingerprint density at radius 2 is 2.09 bits per heavy atom. The van der Waals surface area contributed by atoms with Gasteiger partial charge in [0.2, 0.25) is 0 Å². The number of thiazole rings is 1. The molecule has 114 valence electrons. The highest BCUT2D eigenvalue weighted by Crippen LogP contribution is 2.31. The first kappa shape index (κ1) is 15.1. The van der Waals surface area contributed by atoms with Crippen molar-refractivity contribution in [3.63, 3.8) is 0 Å². The fourth-order valence-corrected chi connectivity index (χ4v) is 3.23. The van der Waals surface area contributed by atoms with Gasteiger partial charge in [0, 0.05) is 43.8 Å². The summed E-state index contributed by atoms with van der Waals surface area (Å²) >= 11 is 7.63. The second kappa shape index (κ2) is 6.94. The Bertz CT molecular complexity index is 706. The minimum atomic E-state index is 0.755. The maximum Gasteiger partial charge on any atom is 0.185 e. The maximum absolute atomic E-state index is 5.93. The van der Waals surface area contributed by atoms with Crippen LogP contribution in [0.5, 0.6) is 0 Å². The molecule has 0 saturated heterocycles. The number of halogens is 1. The SMILES string of the molecule is CN(CCCn1ccnc1)c1ncc(-c2ccc(Cl)cc2)s1. The van der Waals surface area contributed by atoms with Crippen molar-refractivity contribution >= 4 is 28.1 Å². The highest BCUT2D eigenvalue weighted by atomic mass is 35.5. The number of benzene rings is 1. The normalized spacial score (nSPS) is 10.8. The van der Waals surface area contributed by atoms with Crippen LogP contribution in [0, 0.1) is 0 Å². The smallest absolute Gasteiger partial charge is 0.185 e. The van der Waals surface area contributed by atoms with Gasteiger partial charge in [-0.15, -0.1) is 0 Å². The quantitative estimate of drug-likeness (QED) is 0.679. The van der Waals surface area contributed by atoms with Crippen LogP contribution in [-0.4, -0.2) is 28.1 Å². The van der Waals surface area contributed by atoms with E-state index in [-0.39, 0.29) is 0 Å². The molecule has 6 heteroatoms. The Labute approximate surface area is 139 Å². The van der Waals surface area contributed by atoms with Crippen LogP contribution in [0.4, 0.5) is 5.13 Å². The minimum absolute atomic E-state index is 0.755. The van der Waals surface area contributed by atoms with E-state index >= 15 is 0 Å². The van der Waals surface area contributed by atoms with Crippen LogP contribution in [-0.2, 0) is 6.54 Å². The lowest BCUT2D eigenvalue weighted by Gasteiger charge is -2.15. The average molecular weight is 333 g/mol. The molecule has 0 saturated carbocycles. The fourth-order valence-electron chi connectivity index (χ4n) is 2.19. The van der Waals surface area contributed by atoms with Crippen molar-refractivity contribution in [3.05, 3.63) is 54.2 Å². The minimum Gasteiger partial charge on any atom is -0.351 e. The van der Waals surface area contributed by atoms with Gasteiger partial charge in [0.05, 0.1) is 11.2 Å². The van der Waals surface area contributed by atoms with E-state index in [4.69, 9.17) is 11.6 Å². The van der Waals surface area contributed by atoms with Gasteiger partial charge in [-0.3, -0.25) is 0 Å². The third kappa shape index (κ3) is 3.67. The van der Waals surface area contributed by atoms with E-state index in [0.717, 1.165) is 40.1 Å². The lowest BCUT2D eigenvalue weighted by atomic mass is 10.2. The van der Waals surface area contributed by atoms with Gasteiger partial charge < -0.3 is 9.47 Å². The second-order valence-electron chi connectivity index (χ2n) is 5.09. The van der Waals surface area contributed by atoms with Crippen molar-refractivity contribution in [1.82, 2.24) is 14.5 Å². The molecular weight excluding hydrogens is 316 g/mol. The lowest BCUT2D eigenvalue weighted by molar-refractivity contribution is 0.637. The zero-order chi connectivity index (χ0) is 15.4. The van der Waals surface area contributed by atoms with Crippen molar-refractivity contribution < 1.29 is 0 Å². The number of anilines is 1. The van der Waals surface area contributed by atoms with Gasteiger partial charge in [0.25, 0.3) is 0 Å². The Hall–Kier alpha value is -1.85. The average Bonchev–Trinajstić information content (AvgIpc) is 3.19. The van der Waals surface area contributed by atoms with Crippen molar-refractivity contribution in [3.8, 4) is 10.4 Å². The van der Waals surface area contributed by atoms with E-state index in [1.807, 2.05) is 49.2 Å². The Kier molecular flexibility index (Phi) is 4.75. The molecule has 0 aliphatic heterocycles. The summed E-state index contributed by atoms with van der Waals surface area (Å²) in [6, 6.07) is 7.87. The van der Waals surface area contributed by atoms with Crippen LogP contribution >= 0.6 is 22.9 Å². The molecule has 0 aliphatic carbocycles. The summed E-state index contributed by atoms with van der Waals surface area (Å²) in [6.45, 7) is 1.94. The zero-order valence-corrected chi connectivity index (χ0v) is 13.9. The predicted molar refractivity (Wildman–Crippen MR) is 92.7 cm³/mol. The summed E-state index contributed by atoms with van der Waals surface area (Å²) in [6.07, 6.45) is 8.63. The number of hydrogen-bond acceptors (Lipinski definition) is 4. The highest BCUT2D eigenvalue weighted by Gasteiger charge is 2.08. The largest absolute Gasteiger partial charge is 0.351 e. The van der Waals surface area contributed by atoms with E-state index in [9.17, 15) is 0 Å². The van der Waals surface area contributed by atoms with Crippen molar-refractivity contribution in [2.45, 2.75) is 13.0 Å². The van der Waals surface area contributed by atoms with E-state index in [1.165, 1.54) is 0 Å². The van der Waals surface area contributed by atoms with Crippen LogP contribution in [0.3, 0.4) is 0 Å². The first-order valence-corrected chi connectivity index (χ1v) is 8.30. The summed E-state index contributed by atoms with van der Waals surface area (Å²) in [7, 11) is 2.08. The molecule has 0 fully saturated rings. The number of aryl methyl sites for hydroxylation is 1. The topological polar surface area (TPSA) is 34.0 Å². The summed E-state index contributed by atoms with van der Waals surface area (Å²) in [5, 5.41) is 1.79. The molecule has 2 aromatic heterocycles. The molecule has 0 atom stereocenters. The van der Waals surface area contributed by atoms with Gasteiger partial charge in [-0.2, -0.15) is 0 Å². The summed E-state index contributed by atoms with van der Waals surface area (Å²) in [5.41, 5.74) is 1.15. The molecule has 2 heterocycles. The Balaban J connectivity index is 1.59. The standard InChI is InChI=1S/C16H17ClN4S/c1-20(8-2-9-21-10-7-18-12-21)16-19-11-15(22-16)13-3-5-14(17)6-4-13/h3-7,10-12H,2,8-9H2,1H3. The first-order valence-electron chi connectivity index (χ1n) is 7.11. The zero-order valence-electron chi connectivity index (χ0n) is 12.3. The van der Waals surface area contributed by atoms with Gasteiger partial charge in [-0.1, -0.05) is 35.1 Å². The third-order valence-electron chi connectivity index (χ3n) is 3.42. The van der Waals surface area contributed by atoms with E-state index in [1.54, 1.807) is 11.3 Å². The van der Waals surface area contributed by atoms with Gasteiger partial charge in [-0.05, 0) is 24.1 Å². The van der Waals surface area contributed by atoms with E-state index < -0.39 is 0 Å². The predicted octanol–water partition coefficient (Wildman–Crippen LogP) is 4.19. The van der Waals surface area contributed by atoms with Crippen molar-refractivity contribution in [2.75, 3.05) is 18.5 Å². The van der Waals surface area contributed by atoms with Crippen molar-refractivity contribution in [2.24, 2.45) is 0 Å². The molecule has 0 spiro atoms. The number of nitrogens with zero attached hydrogens (tertiary/aromatic N) is 4. The summed E-state index contributed by atoms with van der Waals surface area (Å²) in [4.78, 5) is 11.9. The monoisotopic (exact) mass is 332 g/mol. The van der Waals surface area contributed by atoms with Crippen molar-refractivity contribution in [1.29, 1.82) is 0 Å². The van der Waals surface area contributed by atoms with Gasteiger partial charge in [0.1, 0.15) is 0 Å². The number of imidazole rings is 1. The molecule has 0 aliphatic rings. The molecule has 1 aromatic carbocycles. The van der Waals surface area contributed by atoms with Gasteiger partial charge >= 0.3 is 0 Å². The molecule has 3 aromatic rings. The maximum atomic E-state index is 5.93. The Morgan fingerprint density at radius 3 is 2.82 bits per heavy atom. The molecule has 0 radical (unpaired) electrons. The van der Waals surface area contributed by atoms with Crippen LogP contribution in [0.25, 0.3) is 10.4 Å². The van der Waals surface area contributed by atoms with Crippen LogP contribution in [0.1, 0.15) is 6.42 Å². The lowest BCUT2D eigenvalue weighted by Crippen LogP contribution is -2.19. The van der Waals surface area contributed by atoms with Gasteiger partial charge in [0.15, 0.2) is 5.13 Å². The molecule has 3 rings (SSSR count). The summed E-state index contributed by atoms with van der Waals surface area (Å²) in [5.74, 6) is 0. The molecule has 0 N–H and O–H groups in total. The van der Waals surface area contributed by atoms with E-state index in [2.05, 4.69) is 26.5 Å². The number of aromatic nitrogens is 3. The molecule has 0 unspecified atom stereocenters. The number of rotatable bonds is 6. The molecule has 0 amide bonds. The molecule has 0 bridgehead atoms. The molecule has 4 nitrogen and oxygen atoms in total.